The molecule has 1 aromatic heterocycles. The highest BCUT2D eigenvalue weighted by Gasteiger charge is 2.20. The van der Waals surface area contributed by atoms with Crippen molar-refractivity contribution in [2.24, 2.45) is 7.05 Å². The second-order valence-electron chi connectivity index (χ2n) is 3.79. The lowest BCUT2D eigenvalue weighted by Crippen LogP contribution is -1.98. The summed E-state index contributed by atoms with van der Waals surface area (Å²) in [7, 11) is 1.65. The quantitative estimate of drug-likeness (QED) is 0.872. The second kappa shape index (κ2) is 4.16. The molecule has 1 aromatic carbocycles. The molecule has 5 heteroatoms. The SMILES string of the molecule is CCc1c(-c2c(F)cccc2F)nn(C)c1N. The third-order valence-electron chi connectivity index (χ3n) is 2.75. The average molecular weight is 237 g/mol. The summed E-state index contributed by atoms with van der Waals surface area (Å²) in [6.07, 6.45) is 0.572. The number of rotatable bonds is 2. The van der Waals surface area contributed by atoms with Gasteiger partial charge in [0.15, 0.2) is 0 Å². The topological polar surface area (TPSA) is 43.8 Å². The molecule has 0 unspecified atom stereocenters. The molecule has 0 aliphatic rings. The van der Waals surface area contributed by atoms with E-state index >= 15 is 0 Å². The van der Waals surface area contributed by atoms with Crippen LogP contribution < -0.4 is 5.73 Å². The number of nitrogen functional groups attached to an aromatic ring is 1. The largest absolute Gasteiger partial charge is 0.384 e. The Bertz CT molecular complexity index is 541. The predicted octanol–water partition coefficient (Wildman–Crippen LogP) is 2.51. The molecular formula is C12H13F2N3. The smallest absolute Gasteiger partial charge is 0.135 e. The Labute approximate surface area is 97.9 Å². The zero-order valence-corrected chi connectivity index (χ0v) is 9.67. The van der Waals surface area contributed by atoms with Crippen LogP contribution in [0.15, 0.2) is 18.2 Å². The maximum atomic E-state index is 13.7. The van der Waals surface area contributed by atoms with Crippen molar-refractivity contribution < 1.29 is 8.78 Å². The highest BCUT2D eigenvalue weighted by molar-refractivity contribution is 5.69. The van der Waals surface area contributed by atoms with Gasteiger partial charge in [-0.05, 0) is 18.6 Å². The van der Waals surface area contributed by atoms with Gasteiger partial charge in [-0.3, -0.25) is 4.68 Å². The van der Waals surface area contributed by atoms with Crippen LogP contribution in [0.5, 0.6) is 0 Å². The summed E-state index contributed by atoms with van der Waals surface area (Å²) >= 11 is 0. The molecule has 1 heterocycles. The fourth-order valence-electron chi connectivity index (χ4n) is 1.85. The summed E-state index contributed by atoms with van der Waals surface area (Å²) in [5.74, 6) is -0.819. The first kappa shape index (κ1) is 11.6. The Morgan fingerprint density at radius 1 is 1.29 bits per heavy atom. The molecule has 0 spiro atoms. The number of hydrogen-bond acceptors (Lipinski definition) is 2. The summed E-state index contributed by atoms with van der Waals surface area (Å²) in [6, 6.07) is 3.75. The Morgan fingerprint density at radius 2 is 1.88 bits per heavy atom. The lowest BCUT2D eigenvalue weighted by atomic mass is 10.0. The van der Waals surface area contributed by atoms with Crippen LogP contribution in [0.2, 0.25) is 0 Å². The van der Waals surface area contributed by atoms with Crippen LogP contribution >= 0.6 is 0 Å². The van der Waals surface area contributed by atoms with E-state index in [-0.39, 0.29) is 11.3 Å². The predicted molar refractivity (Wildman–Crippen MR) is 62.4 cm³/mol. The van der Waals surface area contributed by atoms with Crippen LogP contribution in [-0.4, -0.2) is 9.78 Å². The molecule has 0 aliphatic carbocycles. The van der Waals surface area contributed by atoms with E-state index in [1.807, 2.05) is 6.92 Å². The van der Waals surface area contributed by atoms with Crippen LogP contribution in [0.3, 0.4) is 0 Å². The first-order chi connectivity index (χ1) is 8.06. The van der Waals surface area contributed by atoms with Crippen molar-refractivity contribution in [2.45, 2.75) is 13.3 Å². The van der Waals surface area contributed by atoms with Crippen molar-refractivity contribution in [1.29, 1.82) is 0 Å². The normalized spacial score (nSPS) is 10.8. The summed E-state index contributed by atoms with van der Waals surface area (Å²) in [4.78, 5) is 0. The number of hydrogen-bond donors (Lipinski definition) is 1. The second-order valence-corrected chi connectivity index (χ2v) is 3.79. The summed E-state index contributed by atoms with van der Waals surface area (Å²) in [5.41, 5.74) is 6.64. The third kappa shape index (κ3) is 1.77. The van der Waals surface area contributed by atoms with E-state index in [1.54, 1.807) is 7.05 Å². The van der Waals surface area contributed by atoms with E-state index in [0.717, 1.165) is 0 Å². The molecular weight excluding hydrogens is 224 g/mol. The minimum Gasteiger partial charge on any atom is -0.384 e. The Hall–Kier alpha value is -1.91. The van der Waals surface area contributed by atoms with E-state index in [9.17, 15) is 8.78 Å². The first-order valence-corrected chi connectivity index (χ1v) is 5.32. The molecule has 2 N–H and O–H groups in total. The molecule has 0 aliphatic heterocycles. The van der Waals surface area contributed by atoms with Gasteiger partial charge in [0.2, 0.25) is 0 Å². The molecule has 0 saturated carbocycles. The zero-order valence-electron chi connectivity index (χ0n) is 9.67. The van der Waals surface area contributed by atoms with Gasteiger partial charge in [-0.1, -0.05) is 13.0 Å². The fourth-order valence-corrected chi connectivity index (χ4v) is 1.85. The van der Waals surface area contributed by atoms with Gasteiger partial charge in [0, 0.05) is 12.6 Å². The number of nitrogens with two attached hydrogens (primary N) is 1. The minimum atomic E-state index is -0.627. The third-order valence-corrected chi connectivity index (χ3v) is 2.75. The van der Waals surface area contributed by atoms with E-state index in [4.69, 9.17) is 5.73 Å². The van der Waals surface area contributed by atoms with Gasteiger partial charge in [0.25, 0.3) is 0 Å². The molecule has 0 atom stereocenters. The summed E-state index contributed by atoms with van der Waals surface area (Å²) in [5, 5.41) is 4.08. The molecule has 0 amide bonds. The highest BCUT2D eigenvalue weighted by Crippen LogP contribution is 2.30. The number of anilines is 1. The summed E-state index contributed by atoms with van der Waals surface area (Å²) in [6.45, 7) is 1.87. The van der Waals surface area contributed by atoms with Gasteiger partial charge in [-0.2, -0.15) is 5.10 Å². The standard InChI is InChI=1S/C12H13F2N3/c1-3-7-11(16-17(2)12(7)15)10-8(13)5-4-6-9(10)14/h4-6H,3,15H2,1-2H3. The van der Waals surface area contributed by atoms with E-state index in [1.165, 1.54) is 22.9 Å². The fraction of sp³-hybridized carbons (Fsp3) is 0.250. The van der Waals surface area contributed by atoms with Crippen LogP contribution in [0.1, 0.15) is 12.5 Å². The van der Waals surface area contributed by atoms with Gasteiger partial charge < -0.3 is 5.73 Å². The molecule has 90 valence electrons. The molecule has 2 aromatic rings. The van der Waals surface area contributed by atoms with E-state index in [0.29, 0.717) is 17.8 Å². The van der Waals surface area contributed by atoms with Crippen LogP contribution in [-0.2, 0) is 13.5 Å². The van der Waals surface area contributed by atoms with Gasteiger partial charge in [0.05, 0.1) is 5.56 Å². The molecule has 0 radical (unpaired) electrons. The molecule has 2 rings (SSSR count). The molecule has 0 bridgehead atoms. The van der Waals surface area contributed by atoms with Crippen molar-refractivity contribution >= 4 is 5.82 Å². The van der Waals surface area contributed by atoms with E-state index < -0.39 is 11.6 Å². The lowest BCUT2D eigenvalue weighted by molar-refractivity contribution is 0.587. The highest BCUT2D eigenvalue weighted by atomic mass is 19.1. The van der Waals surface area contributed by atoms with Crippen LogP contribution in [0.25, 0.3) is 11.3 Å². The van der Waals surface area contributed by atoms with Gasteiger partial charge in [-0.15, -0.1) is 0 Å². The van der Waals surface area contributed by atoms with Gasteiger partial charge in [0.1, 0.15) is 23.1 Å². The van der Waals surface area contributed by atoms with Crippen molar-refractivity contribution in [3.8, 4) is 11.3 Å². The molecule has 17 heavy (non-hydrogen) atoms. The number of nitrogens with zero attached hydrogens (tertiary/aromatic N) is 2. The minimum absolute atomic E-state index is 0.114. The van der Waals surface area contributed by atoms with Gasteiger partial charge >= 0.3 is 0 Å². The van der Waals surface area contributed by atoms with Crippen LogP contribution in [0.4, 0.5) is 14.6 Å². The number of aromatic nitrogens is 2. The number of aryl methyl sites for hydroxylation is 1. The van der Waals surface area contributed by atoms with Gasteiger partial charge in [-0.25, -0.2) is 8.78 Å². The maximum Gasteiger partial charge on any atom is 0.135 e. The van der Waals surface area contributed by atoms with Crippen molar-refractivity contribution in [3.63, 3.8) is 0 Å². The molecule has 0 fully saturated rings. The van der Waals surface area contributed by atoms with Crippen molar-refractivity contribution in [3.05, 3.63) is 35.4 Å². The average Bonchev–Trinajstić information content (AvgIpc) is 2.55. The Balaban J connectivity index is 2.73. The number of benzene rings is 1. The summed E-state index contributed by atoms with van der Waals surface area (Å²) < 4.78 is 28.8. The van der Waals surface area contributed by atoms with E-state index in [2.05, 4.69) is 5.10 Å². The zero-order chi connectivity index (χ0) is 12.6. The lowest BCUT2D eigenvalue weighted by Gasteiger charge is -2.03. The number of halogens is 2. The Morgan fingerprint density at radius 3 is 2.41 bits per heavy atom. The van der Waals surface area contributed by atoms with Crippen molar-refractivity contribution in [1.82, 2.24) is 9.78 Å². The maximum absolute atomic E-state index is 13.7. The molecule has 3 nitrogen and oxygen atoms in total. The molecule has 0 saturated heterocycles. The van der Waals surface area contributed by atoms with Crippen LogP contribution in [0, 0.1) is 11.6 Å². The monoisotopic (exact) mass is 237 g/mol. The van der Waals surface area contributed by atoms with Crippen molar-refractivity contribution in [2.75, 3.05) is 5.73 Å². The Kier molecular flexibility index (Phi) is 2.83. The first-order valence-electron chi connectivity index (χ1n) is 5.32.